The topological polar surface area (TPSA) is 25.2 Å². The summed E-state index contributed by atoms with van der Waals surface area (Å²) < 4.78 is 2.04. The molecule has 1 atom stereocenters. The average Bonchev–Trinajstić information content (AvgIpc) is 2.99. The van der Waals surface area contributed by atoms with E-state index in [2.05, 4.69) is 0 Å². The van der Waals surface area contributed by atoms with Gasteiger partial charge in [0.2, 0.25) is 5.91 Å². The van der Waals surface area contributed by atoms with Crippen molar-refractivity contribution in [3.63, 3.8) is 0 Å². The Morgan fingerprint density at radius 3 is 2.81 bits per heavy atom. The van der Waals surface area contributed by atoms with E-state index in [9.17, 15) is 4.79 Å². The first kappa shape index (κ1) is 11.5. The molecule has 1 unspecified atom stereocenters. The molecule has 0 bridgehead atoms. The molecule has 1 amide bonds. The Hall–Kier alpha value is -0.960. The van der Waals surface area contributed by atoms with Crippen LogP contribution in [0, 0.1) is 0 Å². The van der Waals surface area contributed by atoms with E-state index >= 15 is 0 Å². The summed E-state index contributed by atoms with van der Waals surface area (Å²) in [5.41, 5.74) is 1.15. The second-order valence-corrected chi connectivity index (χ2v) is 5.08. The first-order valence-electron chi connectivity index (χ1n) is 5.64. The van der Waals surface area contributed by atoms with Crippen molar-refractivity contribution < 1.29 is 4.79 Å². The fourth-order valence-corrected chi connectivity index (χ4v) is 1.96. The number of halogens is 1. The van der Waals surface area contributed by atoms with Crippen LogP contribution in [-0.4, -0.2) is 26.8 Å². The van der Waals surface area contributed by atoms with E-state index in [1.165, 1.54) is 0 Å². The molecule has 1 aromatic rings. The molecule has 1 aliphatic carbocycles. The number of amides is 1. The van der Waals surface area contributed by atoms with E-state index in [1.807, 2.05) is 34.8 Å². The van der Waals surface area contributed by atoms with Crippen LogP contribution in [0.2, 0.25) is 0 Å². The van der Waals surface area contributed by atoms with Gasteiger partial charge in [-0.2, -0.15) is 0 Å². The minimum Gasteiger partial charge on any atom is -0.353 e. The van der Waals surface area contributed by atoms with E-state index in [0.717, 1.165) is 18.5 Å². The zero-order valence-corrected chi connectivity index (χ0v) is 10.4. The van der Waals surface area contributed by atoms with Gasteiger partial charge in [-0.3, -0.25) is 4.79 Å². The van der Waals surface area contributed by atoms with Gasteiger partial charge in [-0.05, 0) is 31.9 Å². The maximum atomic E-state index is 11.9. The summed E-state index contributed by atoms with van der Waals surface area (Å²) in [6.07, 6.45) is 4.22. The van der Waals surface area contributed by atoms with Crippen LogP contribution < -0.4 is 0 Å². The molecule has 1 saturated carbocycles. The number of hydrogen-bond acceptors (Lipinski definition) is 1. The third-order valence-electron chi connectivity index (χ3n) is 2.99. The minimum absolute atomic E-state index is 0.0466. The lowest BCUT2D eigenvalue weighted by Gasteiger charge is -2.23. The van der Waals surface area contributed by atoms with Gasteiger partial charge >= 0.3 is 0 Å². The van der Waals surface area contributed by atoms with Crippen LogP contribution >= 0.6 is 11.6 Å². The summed E-state index contributed by atoms with van der Waals surface area (Å²) in [4.78, 5) is 13.9. The van der Waals surface area contributed by atoms with Crippen LogP contribution in [-0.2, 0) is 18.4 Å². The van der Waals surface area contributed by atoms with Gasteiger partial charge in [0.1, 0.15) is 5.38 Å². The number of hydrogen-bond donors (Lipinski definition) is 0. The van der Waals surface area contributed by atoms with Crippen molar-refractivity contribution in [2.75, 3.05) is 0 Å². The predicted octanol–water partition coefficient (Wildman–Crippen LogP) is 2.14. The molecule has 4 heteroatoms. The molecule has 0 radical (unpaired) electrons. The molecular weight excluding hydrogens is 224 g/mol. The van der Waals surface area contributed by atoms with Gasteiger partial charge in [-0.25, -0.2) is 0 Å². The normalized spacial score (nSPS) is 17.2. The average molecular weight is 241 g/mol. The molecule has 1 aromatic heterocycles. The summed E-state index contributed by atoms with van der Waals surface area (Å²) in [6.45, 7) is 2.41. The van der Waals surface area contributed by atoms with Crippen molar-refractivity contribution in [1.29, 1.82) is 0 Å². The van der Waals surface area contributed by atoms with Gasteiger partial charge in [-0.1, -0.05) is 0 Å². The predicted molar refractivity (Wildman–Crippen MR) is 64.3 cm³/mol. The fourth-order valence-electron chi connectivity index (χ4n) is 1.84. The molecule has 0 aromatic carbocycles. The monoisotopic (exact) mass is 240 g/mol. The van der Waals surface area contributed by atoms with Gasteiger partial charge in [0.15, 0.2) is 0 Å². The number of aryl methyl sites for hydroxylation is 1. The highest BCUT2D eigenvalue weighted by molar-refractivity contribution is 6.30. The Morgan fingerprint density at radius 2 is 2.38 bits per heavy atom. The molecule has 2 rings (SSSR count). The Kier molecular flexibility index (Phi) is 3.24. The molecule has 3 nitrogen and oxygen atoms in total. The number of carbonyl (C=O) groups excluding carboxylic acids is 1. The van der Waals surface area contributed by atoms with Crippen molar-refractivity contribution >= 4 is 17.5 Å². The first-order valence-corrected chi connectivity index (χ1v) is 6.08. The maximum Gasteiger partial charge on any atom is 0.240 e. The van der Waals surface area contributed by atoms with Crippen LogP contribution in [0.1, 0.15) is 25.5 Å². The van der Waals surface area contributed by atoms with Crippen LogP contribution in [0.25, 0.3) is 0 Å². The van der Waals surface area contributed by atoms with Crippen LogP contribution in [0.3, 0.4) is 0 Å². The lowest BCUT2D eigenvalue weighted by molar-refractivity contribution is -0.131. The lowest BCUT2D eigenvalue weighted by Crippen LogP contribution is -2.37. The van der Waals surface area contributed by atoms with Crippen molar-refractivity contribution in [3.05, 3.63) is 24.0 Å². The van der Waals surface area contributed by atoms with Gasteiger partial charge < -0.3 is 9.47 Å². The summed E-state index contributed by atoms with van der Waals surface area (Å²) in [7, 11) is 2.00. The zero-order chi connectivity index (χ0) is 11.7. The van der Waals surface area contributed by atoms with Gasteiger partial charge in [-0.15, -0.1) is 11.6 Å². The van der Waals surface area contributed by atoms with Gasteiger partial charge in [0, 0.05) is 25.0 Å². The second kappa shape index (κ2) is 4.50. The van der Waals surface area contributed by atoms with Gasteiger partial charge in [0.25, 0.3) is 0 Å². The van der Waals surface area contributed by atoms with Gasteiger partial charge in [0.05, 0.1) is 6.54 Å². The van der Waals surface area contributed by atoms with Crippen LogP contribution in [0.5, 0.6) is 0 Å². The van der Waals surface area contributed by atoms with Crippen molar-refractivity contribution in [2.45, 2.75) is 37.7 Å². The van der Waals surface area contributed by atoms with Crippen molar-refractivity contribution in [1.82, 2.24) is 9.47 Å². The Labute approximate surface area is 101 Å². The largest absolute Gasteiger partial charge is 0.353 e. The van der Waals surface area contributed by atoms with E-state index in [4.69, 9.17) is 11.6 Å². The molecule has 0 aliphatic heterocycles. The lowest BCUT2D eigenvalue weighted by atomic mass is 10.3. The number of aromatic nitrogens is 1. The van der Waals surface area contributed by atoms with E-state index < -0.39 is 5.38 Å². The third-order valence-corrected chi connectivity index (χ3v) is 3.18. The smallest absolute Gasteiger partial charge is 0.240 e. The molecule has 0 saturated heterocycles. The summed E-state index contributed by atoms with van der Waals surface area (Å²) in [6, 6.07) is 4.44. The molecule has 16 heavy (non-hydrogen) atoms. The molecule has 0 N–H and O–H groups in total. The molecule has 1 heterocycles. The second-order valence-electron chi connectivity index (χ2n) is 4.42. The minimum atomic E-state index is -0.430. The first-order chi connectivity index (χ1) is 7.59. The van der Waals surface area contributed by atoms with E-state index in [1.54, 1.807) is 6.92 Å². The van der Waals surface area contributed by atoms with Crippen LogP contribution in [0.15, 0.2) is 18.3 Å². The Morgan fingerprint density at radius 1 is 1.69 bits per heavy atom. The number of nitrogens with zero attached hydrogens (tertiary/aromatic N) is 2. The van der Waals surface area contributed by atoms with Crippen molar-refractivity contribution in [2.24, 2.45) is 7.05 Å². The SMILES string of the molecule is CC(Cl)C(=O)N(Cc1cccn1C)C1CC1. The highest BCUT2D eigenvalue weighted by Crippen LogP contribution is 2.29. The Bertz CT molecular complexity index is 382. The molecule has 1 aliphatic rings. The fraction of sp³-hybridized carbons (Fsp3) is 0.583. The third kappa shape index (κ3) is 2.40. The number of rotatable bonds is 4. The van der Waals surface area contributed by atoms with E-state index in [0.29, 0.717) is 12.6 Å². The maximum absolute atomic E-state index is 11.9. The highest BCUT2D eigenvalue weighted by Gasteiger charge is 2.34. The summed E-state index contributed by atoms with van der Waals surface area (Å²) >= 11 is 5.88. The standard InChI is InChI=1S/C12H17ClN2O/c1-9(13)12(16)15(10-5-6-10)8-11-4-3-7-14(11)2/h3-4,7,9-10H,5-6,8H2,1-2H3. The highest BCUT2D eigenvalue weighted by atomic mass is 35.5. The summed E-state index contributed by atoms with van der Waals surface area (Å²) in [5.74, 6) is 0.0466. The molecule has 0 spiro atoms. The molecule has 88 valence electrons. The summed E-state index contributed by atoms with van der Waals surface area (Å²) in [5, 5.41) is -0.430. The molecular formula is C12H17ClN2O. The van der Waals surface area contributed by atoms with E-state index in [-0.39, 0.29) is 5.91 Å². The van der Waals surface area contributed by atoms with Crippen LogP contribution in [0.4, 0.5) is 0 Å². The number of carbonyl (C=O) groups is 1. The Balaban J connectivity index is 2.09. The quantitative estimate of drug-likeness (QED) is 0.741. The molecule has 1 fully saturated rings. The zero-order valence-electron chi connectivity index (χ0n) is 9.69. The van der Waals surface area contributed by atoms with Crippen molar-refractivity contribution in [3.8, 4) is 0 Å². The number of alkyl halides is 1.